The summed E-state index contributed by atoms with van der Waals surface area (Å²) in [6, 6.07) is 6.79. The highest BCUT2D eigenvalue weighted by molar-refractivity contribution is 6.00. The molecule has 0 radical (unpaired) electrons. The first-order chi connectivity index (χ1) is 12.5. The van der Waals surface area contributed by atoms with Crippen LogP contribution in [0.5, 0.6) is 0 Å². The topological polar surface area (TPSA) is 63.6 Å². The molecule has 5 nitrogen and oxygen atoms in total. The Kier molecular flexibility index (Phi) is 3.82. The molecule has 4 rings (SSSR count). The Morgan fingerprint density at radius 1 is 1.27 bits per heavy atom. The molecule has 2 atom stereocenters. The molecule has 26 heavy (non-hydrogen) atoms. The zero-order valence-electron chi connectivity index (χ0n) is 13.6. The fourth-order valence-corrected chi connectivity index (χ4v) is 3.51. The number of nitrogens with zero attached hydrogens (tertiary/aromatic N) is 3. The van der Waals surface area contributed by atoms with E-state index in [-0.39, 0.29) is 29.7 Å². The Labute approximate surface area is 146 Å². The summed E-state index contributed by atoms with van der Waals surface area (Å²) in [6.45, 7) is -0.0334. The van der Waals surface area contributed by atoms with Gasteiger partial charge in [0.25, 0.3) is 5.91 Å². The summed E-state index contributed by atoms with van der Waals surface area (Å²) in [5.74, 6) is -1.95. The number of halogens is 3. The summed E-state index contributed by atoms with van der Waals surface area (Å²) >= 11 is 0. The number of pyridine rings is 1. The number of hydrogen-bond donors (Lipinski definition) is 1. The molecule has 0 spiro atoms. The zero-order chi connectivity index (χ0) is 18.4. The van der Waals surface area contributed by atoms with Crippen LogP contribution in [0.2, 0.25) is 0 Å². The maximum atomic E-state index is 15.2. The standard InChI is InChI=1S/C18H15F3N4O/c19-11-3-1-2-10(6-11)15-7-12(20)9-24(15)14-4-5-25-17(16(14)21)13(8-23-25)18(22)26/h1-6,8,12,15H,7,9H2,(H2,22,26)/t12-,15+/m0/s1. The van der Waals surface area contributed by atoms with Crippen LogP contribution in [0.25, 0.3) is 5.52 Å². The van der Waals surface area contributed by atoms with E-state index in [1.165, 1.54) is 41.2 Å². The number of anilines is 1. The molecule has 3 heterocycles. The van der Waals surface area contributed by atoms with Gasteiger partial charge in [0.2, 0.25) is 0 Å². The van der Waals surface area contributed by atoms with Crippen molar-refractivity contribution in [3.8, 4) is 0 Å². The number of rotatable bonds is 3. The number of benzene rings is 1. The van der Waals surface area contributed by atoms with E-state index in [0.717, 1.165) is 0 Å². The van der Waals surface area contributed by atoms with Crippen LogP contribution in [0, 0.1) is 11.6 Å². The third-order valence-electron chi connectivity index (χ3n) is 4.66. The maximum Gasteiger partial charge on any atom is 0.252 e. The number of primary amides is 1. The molecule has 2 aromatic heterocycles. The molecule has 1 aliphatic heterocycles. The Morgan fingerprint density at radius 3 is 2.81 bits per heavy atom. The minimum Gasteiger partial charge on any atom is -0.365 e. The summed E-state index contributed by atoms with van der Waals surface area (Å²) in [6.07, 6.45) is 1.61. The van der Waals surface area contributed by atoms with E-state index in [2.05, 4.69) is 5.10 Å². The first-order valence-corrected chi connectivity index (χ1v) is 8.07. The second-order valence-electron chi connectivity index (χ2n) is 6.29. The third kappa shape index (κ3) is 2.58. The molecule has 3 aromatic rings. The van der Waals surface area contributed by atoms with E-state index >= 15 is 4.39 Å². The van der Waals surface area contributed by atoms with Crippen LogP contribution in [0.4, 0.5) is 18.9 Å². The van der Waals surface area contributed by atoms with Gasteiger partial charge >= 0.3 is 0 Å². The molecule has 0 bridgehead atoms. The van der Waals surface area contributed by atoms with Crippen molar-refractivity contribution in [3.05, 3.63) is 65.5 Å². The number of amides is 1. The van der Waals surface area contributed by atoms with Gasteiger partial charge in [-0.15, -0.1) is 0 Å². The molecular formula is C18H15F3N4O. The van der Waals surface area contributed by atoms with E-state index in [4.69, 9.17) is 5.73 Å². The lowest BCUT2D eigenvalue weighted by Gasteiger charge is -2.27. The molecule has 1 fully saturated rings. The number of hydrogen-bond acceptors (Lipinski definition) is 3. The van der Waals surface area contributed by atoms with Crippen molar-refractivity contribution in [2.75, 3.05) is 11.4 Å². The normalized spacial score (nSPS) is 20.0. The number of nitrogens with two attached hydrogens (primary N) is 1. The van der Waals surface area contributed by atoms with Crippen LogP contribution < -0.4 is 10.6 Å². The lowest BCUT2D eigenvalue weighted by molar-refractivity contribution is 0.100. The molecule has 0 aliphatic carbocycles. The number of carbonyl (C=O) groups excluding carboxylic acids is 1. The second-order valence-corrected chi connectivity index (χ2v) is 6.29. The van der Waals surface area contributed by atoms with E-state index in [1.807, 2.05) is 0 Å². The Bertz CT molecular complexity index is 1000. The molecule has 1 saturated heterocycles. The molecule has 1 amide bonds. The average molecular weight is 360 g/mol. The molecule has 2 N–H and O–H groups in total. The monoisotopic (exact) mass is 360 g/mol. The Balaban J connectivity index is 1.83. The highest BCUT2D eigenvalue weighted by Crippen LogP contribution is 2.39. The van der Waals surface area contributed by atoms with Gasteiger partial charge in [-0.2, -0.15) is 5.10 Å². The van der Waals surface area contributed by atoms with Crippen molar-refractivity contribution < 1.29 is 18.0 Å². The first-order valence-electron chi connectivity index (χ1n) is 8.07. The third-order valence-corrected chi connectivity index (χ3v) is 4.66. The summed E-state index contributed by atoms with van der Waals surface area (Å²) < 4.78 is 44.1. The van der Waals surface area contributed by atoms with E-state index in [0.29, 0.717) is 5.56 Å². The number of aromatic nitrogens is 2. The van der Waals surface area contributed by atoms with Gasteiger partial charge in [0.15, 0.2) is 5.82 Å². The second kappa shape index (κ2) is 6.05. The van der Waals surface area contributed by atoms with Gasteiger partial charge in [-0.25, -0.2) is 17.7 Å². The van der Waals surface area contributed by atoms with E-state index in [1.54, 1.807) is 11.0 Å². The fraction of sp³-hybridized carbons (Fsp3) is 0.222. The molecule has 8 heteroatoms. The Morgan fingerprint density at radius 2 is 2.08 bits per heavy atom. The van der Waals surface area contributed by atoms with Crippen LogP contribution in [0.15, 0.2) is 42.7 Å². The average Bonchev–Trinajstić information content (AvgIpc) is 3.19. The van der Waals surface area contributed by atoms with Crippen molar-refractivity contribution in [3.63, 3.8) is 0 Å². The minimum absolute atomic E-state index is 0.0334. The SMILES string of the molecule is NC(=O)c1cnn2ccc(N3C[C@@H](F)C[C@@H]3c3cccc(F)c3)c(F)c12. The summed E-state index contributed by atoms with van der Waals surface area (Å²) in [5.41, 5.74) is 5.85. The van der Waals surface area contributed by atoms with Gasteiger partial charge in [-0.05, 0) is 23.8 Å². The molecule has 0 unspecified atom stereocenters. The minimum atomic E-state index is -1.18. The lowest BCUT2D eigenvalue weighted by Crippen LogP contribution is -2.25. The largest absolute Gasteiger partial charge is 0.365 e. The first kappa shape index (κ1) is 16.4. The zero-order valence-corrected chi connectivity index (χ0v) is 13.6. The van der Waals surface area contributed by atoms with Crippen LogP contribution in [0.1, 0.15) is 28.4 Å². The van der Waals surface area contributed by atoms with E-state index < -0.39 is 29.8 Å². The number of carbonyl (C=O) groups is 1. The molecular weight excluding hydrogens is 345 g/mol. The van der Waals surface area contributed by atoms with Crippen molar-refractivity contribution in [2.24, 2.45) is 5.73 Å². The van der Waals surface area contributed by atoms with Gasteiger partial charge in [0, 0.05) is 19.2 Å². The maximum absolute atomic E-state index is 15.2. The predicted octanol–water partition coefficient (Wildman–Crippen LogP) is 3.00. The lowest BCUT2D eigenvalue weighted by atomic mass is 10.0. The van der Waals surface area contributed by atoms with Crippen LogP contribution in [0.3, 0.4) is 0 Å². The highest BCUT2D eigenvalue weighted by Gasteiger charge is 2.35. The molecule has 1 aromatic carbocycles. The summed E-state index contributed by atoms with van der Waals surface area (Å²) in [7, 11) is 0. The smallest absolute Gasteiger partial charge is 0.252 e. The summed E-state index contributed by atoms with van der Waals surface area (Å²) in [5, 5.41) is 3.91. The highest BCUT2D eigenvalue weighted by atomic mass is 19.1. The van der Waals surface area contributed by atoms with Crippen molar-refractivity contribution in [2.45, 2.75) is 18.6 Å². The molecule has 134 valence electrons. The van der Waals surface area contributed by atoms with E-state index in [9.17, 15) is 13.6 Å². The Hall–Kier alpha value is -3.03. The molecule has 0 saturated carbocycles. The van der Waals surface area contributed by atoms with Crippen LogP contribution in [-0.4, -0.2) is 28.2 Å². The van der Waals surface area contributed by atoms with Crippen LogP contribution >= 0.6 is 0 Å². The molecule has 1 aliphatic rings. The quantitative estimate of drug-likeness (QED) is 0.781. The van der Waals surface area contributed by atoms with Crippen molar-refractivity contribution in [1.82, 2.24) is 9.61 Å². The number of alkyl halides is 1. The van der Waals surface area contributed by atoms with Gasteiger partial charge < -0.3 is 10.6 Å². The van der Waals surface area contributed by atoms with Gasteiger partial charge in [-0.3, -0.25) is 4.79 Å². The van der Waals surface area contributed by atoms with Crippen molar-refractivity contribution >= 4 is 17.1 Å². The predicted molar refractivity (Wildman–Crippen MR) is 89.7 cm³/mol. The number of fused-ring (bicyclic) bond motifs is 1. The van der Waals surface area contributed by atoms with Gasteiger partial charge in [-0.1, -0.05) is 12.1 Å². The van der Waals surface area contributed by atoms with Crippen molar-refractivity contribution in [1.29, 1.82) is 0 Å². The van der Waals surface area contributed by atoms with Gasteiger partial charge in [0.1, 0.15) is 17.5 Å². The fourth-order valence-electron chi connectivity index (χ4n) is 3.51. The van der Waals surface area contributed by atoms with Gasteiger partial charge in [0.05, 0.1) is 23.5 Å². The summed E-state index contributed by atoms with van der Waals surface area (Å²) in [4.78, 5) is 13.1. The van der Waals surface area contributed by atoms with Crippen LogP contribution in [-0.2, 0) is 0 Å².